The minimum absolute atomic E-state index is 0.0236. The Morgan fingerprint density at radius 2 is 1.68 bits per heavy atom. The van der Waals surface area contributed by atoms with Gasteiger partial charge in [-0.25, -0.2) is 4.79 Å². The minimum Gasteiger partial charge on any atom is -0.467 e. The Labute approximate surface area is 133 Å². The summed E-state index contributed by atoms with van der Waals surface area (Å²) in [6.07, 6.45) is 0.980. The van der Waals surface area contributed by atoms with Crippen molar-refractivity contribution in [2.24, 2.45) is 11.3 Å². The van der Waals surface area contributed by atoms with Gasteiger partial charge in [-0.2, -0.15) is 0 Å². The van der Waals surface area contributed by atoms with Crippen molar-refractivity contribution in [1.82, 2.24) is 10.2 Å². The van der Waals surface area contributed by atoms with Gasteiger partial charge in [0.2, 0.25) is 11.8 Å². The molecule has 0 aliphatic carbocycles. The Kier molecular flexibility index (Phi) is 8.12. The summed E-state index contributed by atoms with van der Waals surface area (Å²) in [5.74, 6) is -0.450. The van der Waals surface area contributed by atoms with Gasteiger partial charge in [0.15, 0.2) is 0 Å². The molecule has 1 unspecified atom stereocenters. The van der Waals surface area contributed by atoms with E-state index in [4.69, 9.17) is 4.74 Å². The van der Waals surface area contributed by atoms with Gasteiger partial charge in [-0.05, 0) is 17.8 Å². The lowest BCUT2D eigenvalue weighted by molar-refractivity contribution is -0.146. The molecule has 2 amide bonds. The molecule has 0 spiro atoms. The lowest BCUT2D eigenvalue weighted by Gasteiger charge is -2.26. The number of ether oxygens (including phenoxy) is 1. The second-order valence-electron chi connectivity index (χ2n) is 7.08. The number of nitrogens with one attached hydrogen (secondary N) is 1. The van der Waals surface area contributed by atoms with Crippen LogP contribution in [-0.2, 0) is 19.1 Å². The molecule has 0 fully saturated rings. The van der Waals surface area contributed by atoms with Gasteiger partial charge in [-0.3, -0.25) is 9.59 Å². The standard InChI is InChI=1S/C16H30N2O4/c1-11(2)8-12(15(21)22-7)17-13(19)9-16(3,4)10-14(20)18(5)6/h11-12H,8-10H2,1-7H3,(H,17,19). The van der Waals surface area contributed by atoms with Crippen molar-refractivity contribution in [1.29, 1.82) is 0 Å². The van der Waals surface area contributed by atoms with Crippen LogP contribution in [0.25, 0.3) is 0 Å². The van der Waals surface area contributed by atoms with Crippen LogP contribution in [0.15, 0.2) is 0 Å². The number of carbonyl (C=O) groups excluding carboxylic acids is 3. The summed E-state index contributed by atoms with van der Waals surface area (Å²) < 4.78 is 4.73. The maximum atomic E-state index is 12.2. The third-order valence-corrected chi connectivity index (χ3v) is 3.30. The zero-order valence-electron chi connectivity index (χ0n) is 14.9. The normalized spacial score (nSPS) is 12.7. The van der Waals surface area contributed by atoms with E-state index < -0.39 is 17.4 Å². The molecule has 6 nitrogen and oxygen atoms in total. The summed E-state index contributed by atoms with van der Waals surface area (Å²) in [6, 6.07) is -0.641. The van der Waals surface area contributed by atoms with E-state index in [9.17, 15) is 14.4 Å². The summed E-state index contributed by atoms with van der Waals surface area (Å²) in [6.45, 7) is 7.68. The SMILES string of the molecule is COC(=O)C(CC(C)C)NC(=O)CC(C)(C)CC(=O)N(C)C. The first-order chi connectivity index (χ1) is 9.98. The van der Waals surface area contributed by atoms with Crippen LogP contribution in [-0.4, -0.2) is 49.9 Å². The molecule has 22 heavy (non-hydrogen) atoms. The maximum Gasteiger partial charge on any atom is 0.328 e. The summed E-state index contributed by atoms with van der Waals surface area (Å²) >= 11 is 0. The highest BCUT2D eigenvalue weighted by Crippen LogP contribution is 2.25. The van der Waals surface area contributed by atoms with E-state index in [1.54, 1.807) is 14.1 Å². The Bertz CT molecular complexity index is 403. The summed E-state index contributed by atoms with van der Waals surface area (Å²) in [7, 11) is 4.68. The minimum atomic E-state index is -0.641. The molecule has 0 aliphatic rings. The van der Waals surface area contributed by atoms with E-state index in [2.05, 4.69) is 5.32 Å². The van der Waals surface area contributed by atoms with E-state index in [0.29, 0.717) is 6.42 Å². The van der Waals surface area contributed by atoms with Crippen molar-refractivity contribution < 1.29 is 19.1 Å². The fourth-order valence-electron chi connectivity index (χ4n) is 2.14. The summed E-state index contributed by atoms with van der Waals surface area (Å²) in [4.78, 5) is 37.2. The second-order valence-corrected chi connectivity index (χ2v) is 7.08. The summed E-state index contributed by atoms with van der Waals surface area (Å²) in [5, 5.41) is 2.72. The number of methoxy groups -OCH3 is 1. The van der Waals surface area contributed by atoms with Crippen molar-refractivity contribution in [2.45, 2.75) is 53.0 Å². The first kappa shape index (κ1) is 20.4. The monoisotopic (exact) mass is 314 g/mol. The number of nitrogens with zero attached hydrogens (tertiary/aromatic N) is 1. The van der Waals surface area contributed by atoms with E-state index in [0.717, 1.165) is 0 Å². The molecule has 0 aromatic heterocycles. The molecule has 0 bridgehead atoms. The fourth-order valence-corrected chi connectivity index (χ4v) is 2.14. The van der Waals surface area contributed by atoms with Crippen molar-refractivity contribution >= 4 is 17.8 Å². The van der Waals surface area contributed by atoms with Crippen molar-refractivity contribution in [3.05, 3.63) is 0 Å². The Balaban J connectivity index is 4.68. The Hall–Kier alpha value is -1.59. The van der Waals surface area contributed by atoms with Crippen LogP contribution in [0.3, 0.4) is 0 Å². The molecule has 0 saturated carbocycles. The smallest absolute Gasteiger partial charge is 0.328 e. The Morgan fingerprint density at radius 1 is 1.14 bits per heavy atom. The third-order valence-electron chi connectivity index (χ3n) is 3.30. The predicted octanol–water partition coefficient (Wildman–Crippen LogP) is 1.58. The molecule has 0 radical (unpaired) electrons. The van der Waals surface area contributed by atoms with Crippen LogP contribution in [0.4, 0.5) is 0 Å². The van der Waals surface area contributed by atoms with E-state index in [1.807, 2.05) is 27.7 Å². The molecule has 0 saturated heterocycles. The molecule has 0 heterocycles. The molecular formula is C16H30N2O4. The Morgan fingerprint density at radius 3 is 2.09 bits per heavy atom. The molecule has 0 aromatic carbocycles. The molecular weight excluding hydrogens is 284 g/mol. The van der Waals surface area contributed by atoms with Crippen LogP contribution in [0.1, 0.15) is 47.0 Å². The van der Waals surface area contributed by atoms with Crippen LogP contribution in [0, 0.1) is 11.3 Å². The van der Waals surface area contributed by atoms with Gasteiger partial charge in [0.1, 0.15) is 6.04 Å². The number of rotatable bonds is 8. The van der Waals surface area contributed by atoms with Crippen LogP contribution in [0.5, 0.6) is 0 Å². The number of hydrogen-bond acceptors (Lipinski definition) is 4. The van der Waals surface area contributed by atoms with Crippen LogP contribution in [0.2, 0.25) is 0 Å². The fraction of sp³-hybridized carbons (Fsp3) is 0.812. The molecule has 1 atom stereocenters. The third kappa shape index (κ3) is 8.00. The zero-order chi connectivity index (χ0) is 17.5. The van der Waals surface area contributed by atoms with Gasteiger partial charge in [0, 0.05) is 26.9 Å². The van der Waals surface area contributed by atoms with Crippen molar-refractivity contribution in [3.8, 4) is 0 Å². The quantitative estimate of drug-likeness (QED) is 0.690. The van der Waals surface area contributed by atoms with E-state index >= 15 is 0 Å². The number of carbonyl (C=O) groups is 3. The molecule has 0 aliphatic heterocycles. The highest BCUT2D eigenvalue weighted by Gasteiger charge is 2.29. The summed E-state index contributed by atoms with van der Waals surface area (Å²) in [5.41, 5.74) is -0.468. The van der Waals surface area contributed by atoms with Crippen molar-refractivity contribution in [2.75, 3.05) is 21.2 Å². The predicted molar refractivity (Wildman–Crippen MR) is 85.1 cm³/mol. The van der Waals surface area contributed by atoms with Gasteiger partial charge in [-0.15, -0.1) is 0 Å². The molecule has 0 rings (SSSR count). The van der Waals surface area contributed by atoms with Gasteiger partial charge in [0.05, 0.1) is 7.11 Å². The first-order valence-electron chi connectivity index (χ1n) is 7.56. The van der Waals surface area contributed by atoms with Gasteiger partial charge in [0.25, 0.3) is 0 Å². The van der Waals surface area contributed by atoms with Gasteiger partial charge < -0.3 is 15.0 Å². The molecule has 1 N–H and O–H groups in total. The molecule has 128 valence electrons. The maximum absolute atomic E-state index is 12.2. The topological polar surface area (TPSA) is 75.7 Å². The highest BCUT2D eigenvalue weighted by atomic mass is 16.5. The van der Waals surface area contributed by atoms with Gasteiger partial charge >= 0.3 is 5.97 Å². The van der Waals surface area contributed by atoms with Crippen molar-refractivity contribution in [3.63, 3.8) is 0 Å². The number of amides is 2. The largest absolute Gasteiger partial charge is 0.467 e. The van der Waals surface area contributed by atoms with Gasteiger partial charge in [-0.1, -0.05) is 27.7 Å². The number of esters is 1. The lowest BCUT2D eigenvalue weighted by atomic mass is 9.84. The van der Waals surface area contributed by atoms with E-state index in [1.165, 1.54) is 12.0 Å². The average Bonchev–Trinajstić information content (AvgIpc) is 2.34. The van der Waals surface area contributed by atoms with E-state index in [-0.39, 0.29) is 30.6 Å². The number of hydrogen-bond donors (Lipinski definition) is 1. The average molecular weight is 314 g/mol. The van der Waals surface area contributed by atoms with Crippen LogP contribution >= 0.6 is 0 Å². The highest BCUT2D eigenvalue weighted by molar-refractivity contribution is 5.85. The second kappa shape index (κ2) is 8.76. The van der Waals surface area contributed by atoms with Crippen LogP contribution < -0.4 is 5.32 Å². The zero-order valence-corrected chi connectivity index (χ0v) is 14.9. The molecule has 6 heteroatoms. The lowest BCUT2D eigenvalue weighted by Crippen LogP contribution is -2.44. The molecule has 0 aromatic rings. The first-order valence-corrected chi connectivity index (χ1v) is 7.56.